The molecule has 0 aliphatic heterocycles. The maximum absolute atomic E-state index is 2.42. The molecule has 0 heteroatoms. The smallest absolute Gasteiger partial charge is 0.0386 e. The highest BCUT2D eigenvalue weighted by Gasteiger charge is 2.36. The number of hydrogen-bond donors (Lipinski definition) is 0. The molecule has 2 bridgehead atoms. The Labute approximate surface area is 51.3 Å². The first-order chi connectivity index (χ1) is 3.86. The second-order valence-electron chi connectivity index (χ2n) is 3.65. The fourth-order valence-electron chi connectivity index (χ4n) is 2.56. The van der Waals surface area contributed by atoms with Gasteiger partial charge in [0.25, 0.3) is 0 Å². The van der Waals surface area contributed by atoms with Crippen molar-refractivity contribution in [2.75, 3.05) is 0 Å². The van der Waals surface area contributed by atoms with Crippen LogP contribution in [0.2, 0.25) is 0 Å². The predicted octanol–water partition coefficient (Wildman–Crippen LogP) is 2.44. The predicted molar refractivity (Wildman–Crippen MR) is 34.6 cm³/mol. The zero-order valence-electron chi connectivity index (χ0n) is 5.56. The molecule has 0 nitrogen and oxygen atoms in total. The second kappa shape index (κ2) is 1.49. The van der Waals surface area contributed by atoms with Gasteiger partial charge in [-0.25, -0.2) is 0 Å². The summed E-state index contributed by atoms with van der Waals surface area (Å²) in [7, 11) is 0. The molecule has 2 saturated carbocycles. The summed E-state index contributed by atoms with van der Waals surface area (Å²) >= 11 is 0. The van der Waals surface area contributed by atoms with Crippen molar-refractivity contribution in [3.05, 3.63) is 0 Å². The minimum Gasteiger partial charge on any atom is -0.0622 e. The third-order valence-corrected chi connectivity index (χ3v) is 3.09. The van der Waals surface area contributed by atoms with E-state index in [0.29, 0.717) is 0 Å². The zero-order valence-corrected chi connectivity index (χ0v) is 5.56. The number of fused-ring (bicyclic) bond motifs is 2. The van der Waals surface area contributed by atoms with Crippen molar-refractivity contribution in [1.82, 2.24) is 0 Å². The van der Waals surface area contributed by atoms with Crippen molar-refractivity contribution < 1.29 is 0 Å². The quantitative estimate of drug-likeness (QED) is 0.449. The van der Waals surface area contributed by atoms with Gasteiger partial charge >= 0.3 is 0 Å². The first-order valence-electron chi connectivity index (χ1n) is 3.86. The van der Waals surface area contributed by atoms with E-state index >= 15 is 0 Å². The summed E-state index contributed by atoms with van der Waals surface area (Å²) in [6, 6.07) is 0. The molecule has 3 atom stereocenters. The molecule has 0 N–H and O–H groups in total. The number of rotatable bonds is 0. The van der Waals surface area contributed by atoms with Gasteiger partial charge in [-0.05, 0) is 37.0 Å². The molecule has 0 radical (unpaired) electrons. The van der Waals surface area contributed by atoms with Crippen molar-refractivity contribution in [3.8, 4) is 0 Å². The van der Waals surface area contributed by atoms with Gasteiger partial charge in [0.2, 0.25) is 0 Å². The van der Waals surface area contributed by atoms with Crippen molar-refractivity contribution in [2.24, 2.45) is 17.8 Å². The lowest BCUT2D eigenvalue weighted by molar-refractivity contribution is 0.360. The highest BCUT2D eigenvalue weighted by molar-refractivity contribution is 4.87. The van der Waals surface area contributed by atoms with E-state index in [4.69, 9.17) is 0 Å². The molecule has 0 saturated heterocycles. The van der Waals surface area contributed by atoms with E-state index in [1.54, 1.807) is 25.7 Å². The highest BCUT2D eigenvalue weighted by atomic mass is 14.4. The minimum absolute atomic E-state index is 1.08. The van der Waals surface area contributed by atoms with Crippen LogP contribution in [0.5, 0.6) is 0 Å². The molecular formula is C8H14. The highest BCUT2D eigenvalue weighted by Crippen LogP contribution is 2.47. The SMILES string of the molecule is C[C@@H]1C[C@@H]2CC[C@@H]1C2. The van der Waals surface area contributed by atoms with E-state index in [2.05, 4.69) is 6.92 Å². The van der Waals surface area contributed by atoms with Gasteiger partial charge in [0.1, 0.15) is 0 Å². The van der Waals surface area contributed by atoms with Crippen LogP contribution in [0.3, 0.4) is 0 Å². The molecule has 0 amide bonds. The molecule has 0 aromatic carbocycles. The molecule has 2 fully saturated rings. The molecule has 2 aliphatic carbocycles. The number of hydrogen-bond acceptors (Lipinski definition) is 0. The molecule has 0 aromatic heterocycles. The lowest BCUT2D eigenvalue weighted by Gasteiger charge is -2.15. The van der Waals surface area contributed by atoms with E-state index in [0.717, 1.165) is 17.8 Å². The van der Waals surface area contributed by atoms with Gasteiger partial charge in [-0.3, -0.25) is 0 Å². The average molecular weight is 110 g/mol. The molecule has 2 rings (SSSR count). The Kier molecular flexibility index (Phi) is 0.902. The van der Waals surface area contributed by atoms with Gasteiger partial charge in [0, 0.05) is 0 Å². The van der Waals surface area contributed by atoms with Crippen LogP contribution in [0.25, 0.3) is 0 Å². The van der Waals surface area contributed by atoms with Crippen LogP contribution in [0, 0.1) is 17.8 Å². The van der Waals surface area contributed by atoms with E-state index in [1.807, 2.05) is 0 Å². The van der Waals surface area contributed by atoms with Crippen LogP contribution in [0.1, 0.15) is 32.6 Å². The Bertz CT molecular complexity index is 94.2. The van der Waals surface area contributed by atoms with E-state index in [-0.39, 0.29) is 0 Å². The summed E-state index contributed by atoms with van der Waals surface area (Å²) in [5, 5.41) is 0. The Morgan fingerprint density at radius 2 is 2.00 bits per heavy atom. The molecular weight excluding hydrogens is 96.1 g/mol. The zero-order chi connectivity index (χ0) is 5.56. The molecule has 0 aromatic rings. The molecule has 46 valence electrons. The average Bonchev–Trinajstić information content (AvgIpc) is 2.23. The van der Waals surface area contributed by atoms with Gasteiger partial charge in [-0.1, -0.05) is 13.3 Å². The topological polar surface area (TPSA) is 0 Å². The van der Waals surface area contributed by atoms with Crippen LogP contribution < -0.4 is 0 Å². The van der Waals surface area contributed by atoms with Crippen LogP contribution in [0.15, 0.2) is 0 Å². The Balaban J connectivity index is 2.11. The summed E-state index contributed by atoms with van der Waals surface area (Å²) in [5.74, 6) is 3.36. The fraction of sp³-hybridized carbons (Fsp3) is 1.00. The third-order valence-electron chi connectivity index (χ3n) is 3.09. The third kappa shape index (κ3) is 0.519. The standard InChI is InChI=1S/C8H14/c1-6-4-7-2-3-8(6)5-7/h6-8H,2-5H2,1H3/t6-,7+,8-/m1/s1. The maximum Gasteiger partial charge on any atom is -0.0386 e. The molecule has 0 heterocycles. The summed E-state index contributed by atoms with van der Waals surface area (Å²) < 4.78 is 0. The second-order valence-corrected chi connectivity index (χ2v) is 3.65. The molecule has 0 unspecified atom stereocenters. The fourth-order valence-corrected chi connectivity index (χ4v) is 2.56. The van der Waals surface area contributed by atoms with Crippen molar-refractivity contribution >= 4 is 0 Å². The minimum atomic E-state index is 1.08. The van der Waals surface area contributed by atoms with Gasteiger partial charge in [-0.2, -0.15) is 0 Å². The van der Waals surface area contributed by atoms with Crippen LogP contribution >= 0.6 is 0 Å². The largest absolute Gasteiger partial charge is 0.0622 e. The maximum atomic E-state index is 2.42. The molecule has 2 aliphatic rings. The van der Waals surface area contributed by atoms with Crippen LogP contribution in [-0.2, 0) is 0 Å². The Morgan fingerprint density at radius 3 is 2.25 bits per heavy atom. The monoisotopic (exact) mass is 110 g/mol. The van der Waals surface area contributed by atoms with Gasteiger partial charge in [0.15, 0.2) is 0 Å². The van der Waals surface area contributed by atoms with Gasteiger partial charge in [-0.15, -0.1) is 0 Å². The summed E-state index contributed by atoms with van der Waals surface area (Å²) in [4.78, 5) is 0. The van der Waals surface area contributed by atoms with Crippen LogP contribution in [0.4, 0.5) is 0 Å². The van der Waals surface area contributed by atoms with Crippen LogP contribution in [-0.4, -0.2) is 0 Å². The van der Waals surface area contributed by atoms with Crippen molar-refractivity contribution in [3.63, 3.8) is 0 Å². The van der Waals surface area contributed by atoms with E-state index < -0.39 is 0 Å². The Morgan fingerprint density at radius 1 is 1.12 bits per heavy atom. The van der Waals surface area contributed by atoms with Crippen molar-refractivity contribution in [1.29, 1.82) is 0 Å². The van der Waals surface area contributed by atoms with Gasteiger partial charge < -0.3 is 0 Å². The first-order valence-corrected chi connectivity index (χ1v) is 3.86. The Hall–Kier alpha value is 0. The van der Waals surface area contributed by atoms with E-state index in [9.17, 15) is 0 Å². The van der Waals surface area contributed by atoms with Crippen molar-refractivity contribution in [2.45, 2.75) is 32.6 Å². The summed E-state index contributed by atoms with van der Waals surface area (Å²) in [6.45, 7) is 2.42. The lowest BCUT2D eigenvalue weighted by Crippen LogP contribution is -2.04. The normalized spacial score (nSPS) is 52.9. The lowest BCUT2D eigenvalue weighted by atomic mass is 9.91. The first kappa shape index (κ1) is 4.84. The summed E-state index contributed by atoms with van der Waals surface area (Å²) in [5.41, 5.74) is 0. The van der Waals surface area contributed by atoms with Gasteiger partial charge in [0.05, 0.1) is 0 Å². The summed E-state index contributed by atoms with van der Waals surface area (Å²) in [6.07, 6.45) is 6.21. The molecule has 8 heavy (non-hydrogen) atoms. The molecule has 0 spiro atoms. The van der Waals surface area contributed by atoms with E-state index in [1.165, 1.54) is 0 Å².